The van der Waals surface area contributed by atoms with E-state index in [9.17, 15) is 4.79 Å². The summed E-state index contributed by atoms with van der Waals surface area (Å²) in [4.78, 5) is 12.8. The lowest BCUT2D eigenvalue weighted by Gasteiger charge is -2.34. The van der Waals surface area contributed by atoms with Crippen LogP contribution in [0.25, 0.3) is 0 Å². The van der Waals surface area contributed by atoms with E-state index in [0.29, 0.717) is 24.2 Å². The maximum absolute atomic E-state index is 12.0. The molecule has 0 saturated heterocycles. The van der Waals surface area contributed by atoms with E-state index in [1.165, 1.54) is 11.3 Å². The number of Topliss-reactive ketones (excluding diaryl/α,β-unsaturated/α-hetero) is 1. The molecule has 3 nitrogen and oxygen atoms in total. The van der Waals surface area contributed by atoms with Gasteiger partial charge in [-0.1, -0.05) is 0 Å². The molecule has 4 heteroatoms. The molecule has 2 rings (SSSR count). The average molecular weight is 254 g/mol. The number of hydrogen-bond donors (Lipinski definition) is 0. The highest BCUT2D eigenvalue weighted by Gasteiger charge is 2.32. The lowest BCUT2D eigenvalue weighted by molar-refractivity contribution is -0.0245. The van der Waals surface area contributed by atoms with Crippen LogP contribution in [-0.4, -0.2) is 25.6 Å². The normalized spacial score (nSPS) is 23.2. The first-order valence-corrected chi connectivity index (χ1v) is 6.88. The average Bonchev–Trinajstić information content (AvgIpc) is 2.74. The summed E-state index contributed by atoms with van der Waals surface area (Å²) in [5, 5.41) is 1.90. The van der Waals surface area contributed by atoms with Crippen molar-refractivity contribution in [1.82, 2.24) is 0 Å². The molecule has 0 amide bonds. The van der Waals surface area contributed by atoms with E-state index >= 15 is 0 Å². The number of carbonyl (C=O) groups excluding carboxylic acids is 1. The van der Waals surface area contributed by atoms with E-state index in [0.717, 1.165) is 24.3 Å². The van der Waals surface area contributed by atoms with Crippen molar-refractivity contribution < 1.29 is 14.3 Å². The van der Waals surface area contributed by atoms with Gasteiger partial charge in [-0.05, 0) is 37.1 Å². The number of rotatable bonds is 6. The molecule has 0 bridgehead atoms. The van der Waals surface area contributed by atoms with Gasteiger partial charge in [0.05, 0.1) is 13.2 Å². The second kappa shape index (κ2) is 5.65. The van der Waals surface area contributed by atoms with Gasteiger partial charge in [-0.15, -0.1) is 11.3 Å². The third kappa shape index (κ3) is 2.87. The van der Waals surface area contributed by atoms with Gasteiger partial charge >= 0.3 is 0 Å². The second-order valence-corrected chi connectivity index (χ2v) is 5.28. The number of carbonyl (C=O) groups is 1. The quantitative estimate of drug-likeness (QED) is 0.732. The van der Waals surface area contributed by atoms with Gasteiger partial charge in [-0.2, -0.15) is 0 Å². The molecule has 1 aliphatic carbocycles. The third-order valence-electron chi connectivity index (χ3n) is 3.17. The largest absolute Gasteiger partial charge is 0.495 e. The molecule has 0 aliphatic heterocycles. The molecular formula is C13H18O3S. The molecule has 1 fully saturated rings. The monoisotopic (exact) mass is 254 g/mol. The Hall–Kier alpha value is -0.870. The summed E-state index contributed by atoms with van der Waals surface area (Å²) < 4.78 is 10.7. The Morgan fingerprint density at radius 1 is 1.53 bits per heavy atom. The zero-order valence-corrected chi connectivity index (χ0v) is 11.1. The minimum atomic E-state index is 0.205. The first-order chi connectivity index (χ1) is 8.24. The highest BCUT2D eigenvalue weighted by Crippen LogP contribution is 2.35. The van der Waals surface area contributed by atoms with Crippen molar-refractivity contribution in [2.45, 2.75) is 32.3 Å². The molecule has 0 N–H and O–H groups in total. The van der Waals surface area contributed by atoms with Crippen LogP contribution in [0.15, 0.2) is 11.4 Å². The molecule has 1 saturated carbocycles. The van der Waals surface area contributed by atoms with Crippen LogP contribution in [0.2, 0.25) is 0 Å². The smallest absolute Gasteiger partial charge is 0.176 e. The van der Waals surface area contributed by atoms with Crippen molar-refractivity contribution in [3.63, 3.8) is 0 Å². The van der Waals surface area contributed by atoms with Crippen LogP contribution in [0.4, 0.5) is 0 Å². The Labute approximate surface area is 106 Å². The number of hydrogen-bond acceptors (Lipinski definition) is 4. The fourth-order valence-electron chi connectivity index (χ4n) is 2.23. The van der Waals surface area contributed by atoms with Crippen molar-refractivity contribution in [3.8, 4) is 5.75 Å². The molecule has 0 spiro atoms. The Bertz CT molecular complexity index is 380. The highest BCUT2D eigenvalue weighted by atomic mass is 32.1. The molecule has 1 aromatic heterocycles. The number of methoxy groups -OCH3 is 1. The van der Waals surface area contributed by atoms with Crippen molar-refractivity contribution in [2.24, 2.45) is 5.92 Å². The summed E-state index contributed by atoms with van der Waals surface area (Å²) in [6.45, 7) is 2.78. The molecule has 17 heavy (non-hydrogen) atoms. The molecule has 94 valence electrons. The van der Waals surface area contributed by atoms with Gasteiger partial charge in [0.2, 0.25) is 0 Å². The summed E-state index contributed by atoms with van der Waals surface area (Å²) in [7, 11) is 1.60. The molecule has 1 aliphatic rings. The number of ether oxygens (including phenoxy) is 2. The van der Waals surface area contributed by atoms with Crippen LogP contribution in [0.1, 0.15) is 35.9 Å². The van der Waals surface area contributed by atoms with Crippen molar-refractivity contribution >= 4 is 17.1 Å². The van der Waals surface area contributed by atoms with Crippen molar-refractivity contribution in [3.05, 3.63) is 16.3 Å². The fraction of sp³-hybridized carbons (Fsp3) is 0.615. The first-order valence-electron chi connectivity index (χ1n) is 6.00. The molecule has 1 aromatic rings. The summed E-state index contributed by atoms with van der Waals surface area (Å²) in [6, 6.07) is 1.85. The third-order valence-corrected chi connectivity index (χ3v) is 4.11. The minimum Gasteiger partial charge on any atom is -0.495 e. The van der Waals surface area contributed by atoms with Crippen LogP contribution >= 0.6 is 11.3 Å². The Morgan fingerprint density at radius 2 is 2.29 bits per heavy atom. The van der Waals surface area contributed by atoms with Gasteiger partial charge in [0.15, 0.2) is 5.78 Å². The number of thiophene rings is 1. The summed E-state index contributed by atoms with van der Waals surface area (Å²) in [6.07, 6.45) is 3.05. The van der Waals surface area contributed by atoms with Crippen LogP contribution in [0.3, 0.4) is 0 Å². The van der Waals surface area contributed by atoms with E-state index in [-0.39, 0.29) is 5.78 Å². The van der Waals surface area contributed by atoms with E-state index in [2.05, 4.69) is 0 Å². The van der Waals surface area contributed by atoms with E-state index < -0.39 is 0 Å². The summed E-state index contributed by atoms with van der Waals surface area (Å²) in [5.74, 6) is 1.41. The van der Waals surface area contributed by atoms with Gasteiger partial charge in [0.25, 0.3) is 0 Å². The zero-order chi connectivity index (χ0) is 12.3. The van der Waals surface area contributed by atoms with Crippen LogP contribution in [0, 0.1) is 5.92 Å². The molecule has 0 aromatic carbocycles. The van der Waals surface area contributed by atoms with Gasteiger partial charge in [0, 0.05) is 13.0 Å². The molecule has 1 heterocycles. The first kappa shape index (κ1) is 12.6. The van der Waals surface area contributed by atoms with E-state index in [1.54, 1.807) is 7.11 Å². The molecule has 0 unspecified atom stereocenters. The van der Waals surface area contributed by atoms with Crippen LogP contribution in [-0.2, 0) is 4.74 Å². The lowest BCUT2D eigenvalue weighted by atomic mass is 9.79. The Morgan fingerprint density at radius 3 is 2.94 bits per heavy atom. The SMILES string of the molecule is CCOC1CC(CC(=O)c2sccc2OC)C1. The molecule has 0 atom stereocenters. The second-order valence-electron chi connectivity index (χ2n) is 4.36. The van der Waals surface area contributed by atoms with Crippen LogP contribution in [0.5, 0.6) is 5.75 Å². The number of ketones is 1. The molecule has 0 radical (unpaired) electrons. The standard InChI is InChI=1S/C13H18O3S/c1-3-16-10-6-9(7-10)8-11(14)13-12(15-2)4-5-17-13/h4-5,9-10H,3,6-8H2,1-2H3. The van der Waals surface area contributed by atoms with Gasteiger partial charge in [-0.25, -0.2) is 0 Å². The van der Waals surface area contributed by atoms with Crippen molar-refractivity contribution in [1.29, 1.82) is 0 Å². The van der Waals surface area contributed by atoms with Crippen molar-refractivity contribution in [2.75, 3.05) is 13.7 Å². The maximum atomic E-state index is 12.0. The lowest BCUT2D eigenvalue weighted by Crippen LogP contribution is -2.32. The summed E-state index contributed by atoms with van der Waals surface area (Å²) in [5.41, 5.74) is 0. The fourth-order valence-corrected chi connectivity index (χ4v) is 3.04. The summed E-state index contributed by atoms with van der Waals surface area (Å²) >= 11 is 1.46. The van der Waals surface area contributed by atoms with E-state index in [4.69, 9.17) is 9.47 Å². The molecular weight excluding hydrogens is 236 g/mol. The Balaban J connectivity index is 1.83. The van der Waals surface area contributed by atoms with Gasteiger partial charge < -0.3 is 9.47 Å². The maximum Gasteiger partial charge on any atom is 0.176 e. The topological polar surface area (TPSA) is 35.5 Å². The minimum absolute atomic E-state index is 0.205. The van der Waals surface area contributed by atoms with Gasteiger partial charge in [0.1, 0.15) is 10.6 Å². The van der Waals surface area contributed by atoms with Crippen LogP contribution < -0.4 is 4.74 Å². The predicted octanol–water partition coefficient (Wildman–Crippen LogP) is 3.14. The van der Waals surface area contributed by atoms with Gasteiger partial charge in [-0.3, -0.25) is 4.79 Å². The Kier molecular flexibility index (Phi) is 4.18. The zero-order valence-electron chi connectivity index (χ0n) is 10.3. The predicted molar refractivity (Wildman–Crippen MR) is 68.0 cm³/mol. The highest BCUT2D eigenvalue weighted by molar-refractivity contribution is 7.12. The van der Waals surface area contributed by atoms with E-state index in [1.807, 2.05) is 18.4 Å².